The van der Waals surface area contributed by atoms with E-state index in [1.807, 2.05) is 0 Å². The molecule has 0 saturated carbocycles. The lowest BCUT2D eigenvalue weighted by atomic mass is 10.2. The Labute approximate surface area is 93.0 Å². The van der Waals surface area contributed by atoms with Gasteiger partial charge in [0.15, 0.2) is 5.56 Å². The van der Waals surface area contributed by atoms with Crippen LogP contribution in [0.2, 0.25) is 5.02 Å². The zero-order valence-electron chi connectivity index (χ0n) is 7.62. The van der Waals surface area contributed by atoms with Crippen LogP contribution in [0.1, 0.15) is 10.4 Å². The van der Waals surface area contributed by atoms with Crippen LogP contribution in [-0.2, 0) is 0 Å². The molecule has 0 radical (unpaired) electrons. The summed E-state index contributed by atoms with van der Waals surface area (Å²) in [5.74, 6) is -1.44. The number of nitro groups is 1. The summed E-state index contributed by atoms with van der Waals surface area (Å²) in [6, 6.07) is 1.35. The number of carbonyl (C=O) groups is 1. The second-order valence-electron chi connectivity index (χ2n) is 2.92. The number of carboxylic acids is 1. The molecule has 2 rings (SSSR count). The Kier molecular flexibility index (Phi) is 2.24. The van der Waals surface area contributed by atoms with Crippen LogP contribution in [0.15, 0.2) is 18.5 Å². The molecule has 2 heterocycles. The number of hydrogen-bond acceptors (Lipinski definition) is 4. The number of aromatic carboxylic acids is 1. The molecule has 0 atom stereocenters. The molecule has 2 aromatic rings. The van der Waals surface area contributed by atoms with Crippen molar-refractivity contribution < 1.29 is 14.8 Å². The van der Waals surface area contributed by atoms with Gasteiger partial charge < -0.3 is 5.11 Å². The summed E-state index contributed by atoms with van der Waals surface area (Å²) in [5.41, 5.74) is -0.996. The number of rotatable bonds is 2. The third-order valence-corrected chi connectivity index (χ3v) is 2.31. The van der Waals surface area contributed by atoms with Crippen molar-refractivity contribution in [2.45, 2.75) is 0 Å². The fourth-order valence-corrected chi connectivity index (χ4v) is 1.67. The molecular formula is C8H4ClN3O4. The molecular weight excluding hydrogens is 238 g/mol. The molecule has 0 bridgehead atoms. The zero-order chi connectivity index (χ0) is 11.9. The zero-order valence-corrected chi connectivity index (χ0v) is 8.38. The minimum atomic E-state index is -1.44. The van der Waals surface area contributed by atoms with Gasteiger partial charge in [-0.3, -0.25) is 10.1 Å². The number of fused-ring (bicyclic) bond motifs is 1. The van der Waals surface area contributed by atoms with Gasteiger partial charge in [-0.1, -0.05) is 11.6 Å². The maximum absolute atomic E-state index is 10.9. The molecule has 0 aliphatic heterocycles. The molecule has 2 aromatic heterocycles. The van der Waals surface area contributed by atoms with E-state index in [9.17, 15) is 14.9 Å². The van der Waals surface area contributed by atoms with Gasteiger partial charge in [-0.05, 0) is 6.07 Å². The van der Waals surface area contributed by atoms with Gasteiger partial charge in [0.25, 0.3) is 0 Å². The maximum atomic E-state index is 10.9. The van der Waals surface area contributed by atoms with Crippen molar-refractivity contribution in [1.82, 2.24) is 9.61 Å². The molecule has 82 valence electrons. The SMILES string of the molecule is O=C(O)c1c(Cl)cn2nccc2c1[N+](=O)[O-]. The van der Waals surface area contributed by atoms with Crippen LogP contribution in [0.3, 0.4) is 0 Å². The van der Waals surface area contributed by atoms with Crippen molar-refractivity contribution in [3.05, 3.63) is 39.2 Å². The molecule has 0 fully saturated rings. The molecule has 0 aliphatic rings. The largest absolute Gasteiger partial charge is 0.477 e. The number of carboxylic acid groups (broad SMARTS) is 1. The number of nitrogens with zero attached hydrogens (tertiary/aromatic N) is 3. The lowest BCUT2D eigenvalue weighted by Crippen LogP contribution is -2.06. The first kappa shape index (κ1) is 10.4. The van der Waals surface area contributed by atoms with E-state index < -0.39 is 22.1 Å². The van der Waals surface area contributed by atoms with Crippen LogP contribution in [0.25, 0.3) is 5.52 Å². The van der Waals surface area contributed by atoms with Crippen LogP contribution < -0.4 is 0 Å². The predicted molar refractivity (Wildman–Crippen MR) is 53.8 cm³/mol. The topological polar surface area (TPSA) is 97.7 Å². The Morgan fingerprint density at radius 3 is 2.88 bits per heavy atom. The van der Waals surface area contributed by atoms with Gasteiger partial charge in [0.05, 0.1) is 16.1 Å². The third kappa shape index (κ3) is 1.38. The number of pyridine rings is 1. The average Bonchev–Trinajstić information content (AvgIpc) is 2.61. The van der Waals surface area contributed by atoms with Gasteiger partial charge in [0.2, 0.25) is 0 Å². The Hall–Kier alpha value is -2.15. The van der Waals surface area contributed by atoms with E-state index in [0.717, 1.165) is 4.52 Å². The van der Waals surface area contributed by atoms with Gasteiger partial charge in [0, 0.05) is 6.20 Å². The highest BCUT2D eigenvalue weighted by Crippen LogP contribution is 2.30. The van der Waals surface area contributed by atoms with Crippen LogP contribution in [0.5, 0.6) is 0 Å². The van der Waals surface area contributed by atoms with Crippen LogP contribution in [-0.4, -0.2) is 25.6 Å². The highest BCUT2D eigenvalue weighted by molar-refractivity contribution is 6.34. The minimum absolute atomic E-state index is 0.0896. The number of aromatic nitrogens is 2. The molecule has 7 nitrogen and oxygen atoms in total. The number of halogens is 1. The molecule has 0 saturated heterocycles. The van der Waals surface area contributed by atoms with Gasteiger partial charge in [0.1, 0.15) is 5.52 Å². The average molecular weight is 242 g/mol. The van der Waals surface area contributed by atoms with Gasteiger partial charge >= 0.3 is 11.7 Å². The van der Waals surface area contributed by atoms with Gasteiger partial charge in [-0.25, -0.2) is 9.31 Å². The predicted octanol–water partition coefficient (Wildman–Crippen LogP) is 1.59. The molecule has 0 amide bonds. The molecule has 0 unspecified atom stereocenters. The summed E-state index contributed by atoms with van der Waals surface area (Å²) >= 11 is 5.66. The normalized spacial score (nSPS) is 10.6. The molecule has 1 N–H and O–H groups in total. The molecule has 0 aliphatic carbocycles. The van der Waals surface area contributed by atoms with Crippen molar-refractivity contribution >= 4 is 28.8 Å². The fourth-order valence-electron chi connectivity index (χ4n) is 1.41. The Morgan fingerprint density at radius 2 is 2.31 bits per heavy atom. The van der Waals surface area contributed by atoms with E-state index in [-0.39, 0.29) is 10.5 Å². The van der Waals surface area contributed by atoms with Crippen molar-refractivity contribution in [2.24, 2.45) is 0 Å². The van der Waals surface area contributed by atoms with Crippen LogP contribution in [0.4, 0.5) is 5.69 Å². The maximum Gasteiger partial charge on any atom is 0.344 e. The lowest BCUT2D eigenvalue weighted by Gasteiger charge is -2.02. The summed E-state index contributed by atoms with van der Waals surface area (Å²) in [4.78, 5) is 20.9. The first-order valence-electron chi connectivity index (χ1n) is 4.06. The van der Waals surface area contributed by atoms with E-state index in [2.05, 4.69) is 5.10 Å². The van der Waals surface area contributed by atoms with E-state index in [1.165, 1.54) is 18.5 Å². The van der Waals surface area contributed by atoms with Crippen molar-refractivity contribution in [1.29, 1.82) is 0 Å². The second kappa shape index (κ2) is 3.46. The van der Waals surface area contributed by atoms with Gasteiger partial charge in [-0.2, -0.15) is 5.10 Å². The highest BCUT2D eigenvalue weighted by atomic mass is 35.5. The summed E-state index contributed by atoms with van der Waals surface area (Å²) in [7, 11) is 0. The Bertz CT molecular complexity index is 607. The van der Waals surface area contributed by atoms with Gasteiger partial charge in [-0.15, -0.1) is 0 Å². The minimum Gasteiger partial charge on any atom is -0.477 e. The van der Waals surface area contributed by atoms with Crippen molar-refractivity contribution in [3.63, 3.8) is 0 Å². The second-order valence-corrected chi connectivity index (χ2v) is 3.33. The quantitative estimate of drug-likeness (QED) is 0.636. The molecule has 0 spiro atoms. The summed E-state index contributed by atoms with van der Waals surface area (Å²) < 4.78 is 1.16. The molecule has 16 heavy (non-hydrogen) atoms. The third-order valence-electron chi connectivity index (χ3n) is 2.02. The lowest BCUT2D eigenvalue weighted by molar-refractivity contribution is -0.383. The smallest absolute Gasteiger partial charge is 0.344 e. The van der Waals surface area contributed by atoms with E-state index in [0.29, 0.717) is 0 Å². The van der Waals surface area contributed by atoms with E-state index >= 15 is 0 Å². The number of hydrogen-bond donors (Lipinski definition) is 1. The fraction of sp³-hybridized carbons (Fsp3) is 0. The molecule has 0 aromatic carbocycles. The highest BCUT2D eigenvalue weighted by Gasteiger charge is 2.27. The standard InChI is InChI=1S/C8H4ClN3O4/c9-4-3-11-5(1-2-10-11)7(12(15)16)6(4)8(13)14/h1-3H,(H,13,14). The summed E-state index contributed by atoms with van der Waals surface area (Å²) in [6.07, 6.45) is 2.54. The first-order chi connectivity index (χ1) is 7.52. The van der Waals surface area contributed by atoms with Crippen molar-refractivity contribution in [3.8, 4) is 0 Å². The summed E-state index contributed by atoms with van der Waals surface area (Å²) in [6.45, 7) is 0. The van der Waals surface area contributed by atoms with E-state index in [1.54, 1.807) is 0 Å². The Morgan fingerprint density at radius 1 is 1.62 bits per heavy atom. The monoisotopic (exact) mass is 241 g/mol. The van der Waals surface area contributed by atoms with Crippen LogP contribution >= 0.6 is 11.6 Å². The van der Waals surface area contributed by atoms with Crippen LogP contribution in [0, 0.1) is 10.1 Å². The summed E-state index contributed by atoms with van der Waals surface area (Å²) in [5, 5.41) is 23.2. The molecule has 8 heteroatoms. The van der Waals surface area contributed by atoms with Crippen molar-refractivity contribution in [2.75, 3.05) is 0 Å². The Balaban J connectivity index is 2.96. The van der Waals surface area contributed by atoms with E-state index in [4.69, 9.17) is 16.7 Å². The first-order valence-corrected chi connectivity index (χ1v) is 4.43.